The molecule has 1 saturated heterocycles. The van der Waals surface area contributed by atoms with Gasteiger partial charge in [-0.3, -0.25) is 9.10 Å². The molecule has 0 radical (unpaired) electrons. The summed E-state index contributed by atoms with van der Waals surface area (Å²) in [5.74, 6) is -3.10. The molecule has 0 saturated carbocycles. The summed E-state index contributed by atoms with van der Waals surface area (Å²) in [6.45, 7) is 1.19. The standard InChI is InChI=1S/C26H22F3NO6S/c1-15-6-18(28)9-20(7-15)37(33,34)30-12-19(11-26(25(31)32)13-35-14-26)36-24-5-2-16(8-23(24)30)21-10-17(27)3-4-22(21)29/h2-10,19H,11-14H2,1H3,(H,31,32)/t19-/m0/s1. The smallest absolute Gasteiger partial charge is 0.314 e. The number of benzene rings is 3. The van der Waals surface area contributed by atoms with Crippen LogP contribution in [0.15, 0.2) is 59.5 Å². The lowest BCUT2D eigenvalue weighted by atomic mass is 9.80. The Morgan fingerprint density at radius 2 is 1.81 bits per heavy atom. The summed E-state index contributed by atoms with van der Waals surface area (Å²) in [5.41, 5.74) is -0.690. The molecule has 0 bridgehead atoms. The topological polar surface area (TPSA) is 93.1 Å². The van der Waals surface area contributed by atoms with Crippen molar-refractivity contribution < 1.29 is 41.0 Å². The van der Waals surface area contributed by atoms with Gasteiger partial charge < -0.3 is 14.6 Å². The van der Waals surface area contributed by atoms with Crippen LogP contribution in [0.4, 0.5) is 18.9 Å². The van der Waals surface area contributed by atoms with Gasteiger partial charge in [0.1, 0.15) is 34.7 Å². The summed E-state index contributed by atoms with van der Waals surface area (Å²) in [6.07, 6.45) is -0.898. The Bertz CT molecular complexity index is 1490. The van der Waals surface area contributed by atoms with Crippen LogP contribution in [0, 0.1) is 29.8 Å². The lowest BCUT2D eigenvalue weighted by molar-refractivity contribution is -0.184. The van der Waals surface area contributed by atoms with Crippen molar-refractivity contribution in [1.29, 1.82) is 0 Å². The average molecular weight is 534 g/mol. The molecule has 1 fully saturated rings. The zero-order valence-electron chi connectivity index (χ0n) is 19.6. The van der Waals surface area contributed by atoms with E-state index in [1.165, 1.54) is 30.3 Å². The van der Waals surface area contributed by atoms with E-state index in [4.69, 9.17) is 9.47 Å². The largest absolute Gasteiger partial charge is 0.486 e. The van der Waals surface area contributed by atoms with Crippen molar-refractivity contribution in [3.8, 4) is 16.9 Å². The van der Waals surface area contributed by atoms with Gasteiger partial charge in [0, 0.05) is 12.0 Å². The molecule has 1 N–H and O–H groups in total. The molecule has 194 valence electrons. The minimum Gasteiger partial charge on any atom is -0.486 e. The zero-order valence-corrected chi connectivity index (χ0v) is 20.4. The van der Waals surface area contributed by atoms with Crippen molar-refractivity contribution in [2.45, 2.75) is 24.3 Å². The van der Waals surface area contributed by atoms with Crippen LogP contribution in [0.5, 0.6) is 5.75 Å². The van der Waals surface area contributed by atoms with Crippen molar-refractivity contribution in [2.24, 2.45) is 5.41 Å². The summed E-state index contributed by atoms with van der Waals surface area (Å²) < 4.78 is 82.2. The first-order chi connectivity index (χ1) is 17.5. The molecule has 0 aromatic heterocycles. The van der Waals surface area contributed by atoms with Gasteiger partial charge >= 0.3 is 5.97 Å². The third-order valence-electron chi connectivity index (χ3n) is 6.56. The summed E-state index contributed by atoms with van der Waals surface area (Å²) in [7, 11) is -4.37. The minimum atomic E-state index is -4.37. The zero-order chi connectivity index (χ0) is 26.5. The van der Waals surface area contributed by atoms with Crippen LogP contribution in [0.25, 0.3) is 11.1 Å². The molecular formula is C26H22F3NO6S. The number of fused-ring (bicyclic) bond motifs is 1. The molecule has 2 aliphatic heterocycles. The van der Waals surface area contributed by atoms with Gasteiger partial charge in [0.05, 0.1) is 30.3 Å². The number of hydrogen-bond acceptors (Lipinski definition) is 5. The third kappa shape index (κ3) is 4.53. The second kappa shape index (κ2) is 9.07. The average Bonchev–Trinajstić information content (AvgIpc) is 2.81. The fourth-order valence-electron chi connectivity index (χ4n) is 4.62. The quantitative estimate of drug-likeness (QED) is 0.501. The number of sulfonamides is 1. The van der Waals surface area contributed by atoms with Gasteiger partial charge in [0.2, 0.25) is 0 Å². The summed E-state index contributed by atoms with van der Waals surface area (Å²) >= 11 is 0. The first-order valence-corrected chi connectivity index (χ1v) is 12.8. The fourth-order valence-corrected chi connectivity index (χ4v) is 6.24. The normalized spacial score (nSPS) is 18.5. The maximum atomic E-state index is 14.5. The summed E-state index contributed by atoms with van der Waals surface area (Å²) in [6, 6.07) is 10.5. The van der Waals surface area contributed by atoms with Crippen molar-refractivity contribution in [3.05, 3.63) is 77.6 Å². The Morgan fingerprint density at radius 3 is 2.46 bits per heavy atom. The number of carboxylic acids is 1. The number of aryl methyl sites for hydroxylation is 1. The SMILES string of the molecule is Cc1cc(F)cc(S(=O)(=O)N2C[C@H](CC3(C(=O)O)COC3)Oc3ccc(-c4cc(F)ccc4F)cc32)c1. The highest BCUT2D eigenvalue weighted by Gasteiger charge is 2.50. The van der Waals surface area contributed by atoms with E-state index in [9.17, 15) is 31.5 Å². The van der Waals surface area contributed by atoms with Crippen molar-refractivity contribution in [1.82, 2.24) is 0 Å². The lowest BCUT2D eigenvalue weighted by Crippen LogP contribution is -2.54. The predicted octanol–water partition coefficient (Wildman–Crippen LogP) is 4.53. The van der Waals surface area contributed by atoms with Crippen LogP contribution in [-0.4, -0.2) is 45.4 Å². The van der Waals surface area contributed by atoms with Gasteiger partial charge in [-0.15, -0.1) is 0 Å². The second-order valence-corrected chi connectivity index (χ2v) is 11.2. The number of ether oxygens (including phenoxy) is 2. The van der Waals surface area contributed by atoms with Crippen LogP contribution in [0.2, 0.25) is 0 Å². The maximum absolute atomic E-state index is 14.5. The van der Waals surface area contributed by atoms with E-state index in [0.29, 0.717) is 5.56 Å². The van der Waals surface area contributed by atoms with Gasteiger partial charge in [-0.05, 0) is 66.6 Å². The van der Waals surface area contributed by atoms with Crippen molar-refractivity contribution >= 4 is 21.7 Å². The van der Waals surface area contributed by atoms with E-state index < -0.39 is 45.0 Å². The summed E-state index contributed by atoms with van der Waals surface area (Å²) in [5, 5.41) is 9.71. The Hall–Kier alpha value is -3.57. The molecule has 0 unspecified atom stereocenters. The van der Waals surface area contributed by atoms with Crippen molar-refractivity contribution in [2.75, 3.05) is 24.1 Å². The number of aliphatic carboxylic acids is 1. The van der Waals surface area contributed by atoms with E-state index in [1.54, 1.807) is 6.92 Å². The molecule has 2 heterocycles. The molecule has 3 aromatic carbocycles. The predicted molar refractivity (Wildman–Crippen MR) is 127 cm³/mol. The molecule has 11 heteroatoms. The molecule has 0 aliphatic carbocycles. The Kier molecular flexibility index (Phi) is 6.15. The molecule has 37 heavy (non-hydrogen) atoms. The van der Waals surface area contributed by atoms with E-state index in [1.807, 2.05) is 0 Å². The number of anilines is 1. The Balaban J connectivity index is 1.62. The Labute approximate surface area is 211 Å². The monoisotopic (exact) mass is 533 g/mol. The first-order valence-electron chi connectivity index (χ1n) is 11.4. The van der Waals surface area contributed by atoms with E-state index in [0.717, 1.165) is 28.6 Å². The third-order valence-corrected chi connectivity index (χ3v) is 8.32. The van der Waals surface area contributed by atoms with Crippen LogP contribution in [0.1, 0.15) is 12.0 Å². The van der Waals surface area contributed by atoms with Crippen molar-refractivity contribution in [3.63, 3.8) is 0 Å². The number of carbonyl (C=O) groups is 1. The maximum Gasteiger partial charge on any atom is 0.314 e. The number of hydrogen-bond donors (Lipinski definition) is 1. The molecule has 7 nitrogen and oxygen atoms in total. The van der Waals surface area contributed by atoms with Crippen LogP contribution < -0.4 is 9.04 Å². The number of halogens is 3. The molecule has 1 atom stereocenters. The van der Waals surface area contributed by atoms with E-state index in [2.05, 4.69) is 0 Å². The van der Waals surface area contributed by atoms with E-state index in [-0.39, 0.29) is 53.6 Å². The molecule has 0 amide bonds. The minimum absolute atomic E-state index is 0.0315. The van der Waals surface area contributed by atoms with Crippen LogP contribution in [-0.2, 0) is 19.6 Å². The van der Waals surface area contributed by atoms with Gasteiger partial charge in [0.15, 0.2) is 0 Å². The van der Waals surface area contributed by atoms with Crippen LogP contribution in [0.3, 0.4) is 0 Å². The molecule has 0 spiro atoms. The fraction of sp³-hybridized carbons (Fsp3) is 0.269. The van der Waals surface area contributed by atoms with E-state index >= 15 is 0 Å². The number of rotatable bonds is 6. The van der Waals surface area contributed by atoms with Gasteiger partial charge in [-0.2, -0.15) is 0 Å². The molecule has 3 aromatic rings. The Morgan fingerprint density at radius 1 is 1.05 bits per heavy atom. The van der Waals surface area contributed by atoms with Gasteiger partial charge in [-0.25, -0.2) is 21.6 Å². The number of carboxylic acid groups (broad SMARTS) is 1. The summed E-state index contributed by atoms with van der Waals surface area (Å²) in [4.78, 5) is 11.6. The molecule has 5 rings (SSSR count). The second-order valence-electron chi connectivity index (χ2n) is 9.33. The highest BCUT2D eigenvalue weighted by Crippen LogP contribution is 2.43. The van der Waals surface area contributed by atoms with Gasteiger partial charge in [0.25, 0.3) is 10.0 Å². The van der Waals surface area contributed by atoms with Gasteiger partial charge in [-0.1, -0.05) is 6.07 Å². The molecule has 2 aliphatic rings. The lowest BCUT2D eigenvalue weighted by Gasteiger charge is -2.42. The first kappa shape index (κ1) is 25.1. The highest BCUT2D eigenvalue weighted by molar-refractivity contribution is 7.92. The molecular weight excluding hydrogens is 511 g/mol. The van der Waals surface area contributed by atoms with Crippen LogP contribution >= 0.6 is 0 Å². The highest BCUT2D eigenvalue weighted by atomic mass is 32.2. The number of nitrogens with zero attached hydrogens (tertiary/aromatic N) is 1.